The molecular formula is C20H19N5O3. The lowest BCUT2D eigenvalue weighted by atomic mass is 10.2. The van der Waals surface area contributed by atoms with Gasteiger partial charge in [0.25, 0.3) is 5.91 Å². The molecule has 0 aliphatic heterocycles. The van der Waals surface area contributed by atoms with Crippen LogP contribution in [0.2, 0.25) is 0 Å². The molecule has 28 heavy (non-hydrogen) atoms. The van der Waals surface area contributed by atoms with Gasteiger partial charge in [-0.15, -0.1) is 0 Å². The maximum Gasteiger partial charge on any atom is 0.337 e. The molecule has 1 aromatic carbocycles. The minimum atomic E-state index is -0.475. The van der Waals surface area contributed by atoms with Crippen LogP contribution < -0.4 is 10.6 Å². The Morgan fingerprint density at radius 1 is 1.07 bits per heavy atom. The van der Waals surface area contributed by atoms with Crippen molar-refractivity contribution in [3.05, 3.63) is 77.4 Å². The van der Waals surface area contributed by atoms with Crippen molar-refractivity contribution in [1.29, 1.82) is 0 Å². The van der Waals surface area contributed by atoms with Gasteiger partial charge in [-0.25, -0.2) is 14.8 Å². The second-order valence-electron chi connectivity index (χ2n) is 5.95. The molecule has 3 rings (SSSR count). The van der Waals surface area contributed by atoms with Crippen molar-refractivity contribution < 1.29 is 14.3 Å². The number of carbonyl (C=O) groups excluding carboxylic acids is 2. The van der Waals surface area contributed by atoms with Crippen molar-refractivity contribution in [2.75, 3.05) is 17.7 Å². The number of hydrogen-bond donors (Lipinski definition) is 2. The van der Waals surface area contributed by atoms with Gasteiger partial charge in [0.15, 0.2) is 0 Å². The Hall–Kier alpha value is -3.81. The van der Waals surface area contributed by atoms with Gasteiger partial charge in [0, 0.05) is 30.3 Å². The summed E-state index contributed by atoms with van der Waals surface area (Å²) in [4.78, 5) is 36.8. The van der Waals surface area contributed by atoms with Gasteiger partial charge in [-0.05, 0) is 48.9 Å². The topological polar surface area (TPSA) is 106 Å². The number of nitrogens with one attached hydrogen (secondary N) is 2. The fourth-order valence-electron chi connectivity index (χ4n) is 2.48. The van der Waals surface area contributed by atoms with Crippen LogP contribution in [0.4, 0.5) is 11.6 Å². The first-order valence-corrected chi connectivity index (χ1v) is 8.53. The number of methoxy groups -OCH3 is 1. The van der Waals surface area contributed by atoms with Crippen LogP contribution in [0.3, 0.4) is 0 Å². The van der Waals surface area contributed by atoms with Crippen molar-refractivity contribution >= 4 is 23.5 Å². The third kappa shape index (κ3) is 4.88. The summed E-state index contributed by atoms with van der Waals surface area (Å²) in [6, 6.07) is 11.8. The fraction of sp³-hybridized carbons (Fsp3) is 0.150. The first-order chi connectivity index (χ1) is 13.5. The van der Waals surface area contributed by atoms with Gasteiger partial charge >= 0.3 is 5.97 Å². The van der Waals surface area contributed by atoms with Crippen molar-refractivity contribution in [2.45, 2.75) is 13.5 Å². The van der Waals surface area contributed by atoms with E-state index in [1.54, 1.807) is 49.6 Å². The molecular weight excluding hydrogens is 358 g/mol. The van der Waals surface area contributed by atoms with Gasteiger partial charge < -0.3 is 15.4 Å². The summed E-state index contributed by atoms with van der Waals surface area (Å²) in [5.41, 5.74) is 2.70. The molecule has 0 unspecified atom stereocenters. The zero-order valence-corrected chi connectivity index (χ0v) is 15.5. The number of aromatic nitrogens is 3. The summed E-state index contributed by atoms with van der Waals surface area (Å²) in [7, 11) is 1.30. The zero-order chi connectivity index (χ0) is 19.9. The largest absolute Gasteiger partial charge is 0.465 e. The van der Waals surface area contributed by atoms with Crippen LogP contribution in [-0.2, 0) is 11.3 Å². The second-order valence-corrected chi connectivity index (χ2v) is 5.95. The van der Waals surface area contributed by atoms with E-state index in [9.17, 15) is 9.59 Å². The Labute approximate surface area is 162 Å². The van der Waals surface area contributed by atoms with E-state index in [0.29, 0.717) is 29.4 Å². The summed E-state index contributed by atoms with van der Waals surface area (Å²) >= 11 is 0. The van der Waals surface area contributed by atoms with Crippen molar-refractivity contribution in [3.63, 3.8) is 0 Å². The van der Waals surface area contributed by atoms with E-state index in [-0.39, 0.29) is 5.69 Å². The van der Waals surface area contributed by atoms with Crippen LogP contribution in [0.5, 0.6) is 0 Å². The number of amides is 1. The summed E-state index contributed by atoms with van der Waals surface area (Å²) in [6.07, 6.45) is 3.41. The lowest BCUT2D eigenvalue weighted by molar-refractivity contribution is 0.0600. The first-order valence-electron chi connectivity index (χ1n) is 8.53. The quantitative estimate of drug-likeness (QED) is 0.636. The molecule has 2 N–H and O–H groups in total. The molecule has 3 aromatic rings. The van der Waals surface area contributed by atoms with Crippen molar-refractivity contribution in [1.82, 2.24) is 15.0 Å². The number of hydrogen-bond acceptors (Lipinski definition) is 7. The number of rotatable bonds is 6. The second kappa shape index (κ2) is 8.72. The molecule has 0 saturated heterocycles. The highest BCUT2D eigenvalue weighted by atomic mass is 16.5. The first kappa shape index (κ1) is 19.0. The lowest BCUT2D eigenvalue weighted by Crippen LogP contribution is -2.16. The van der Waals surface area contributed by atoms with Gasteiger partial charge in [-0.3, -0.25) is 9.78 Å². The highest BCUT2D eigenvalue weighted by Gasteiger charge is 2.13. The van der Waals surface area contributed by atoms with Gasteiger partial charge in [-0.2, -0.15) is 0 Å². The molecule has 0 atom stereocenters. The number of pyridine rings is 1. The minimum Gasteiger partial charge on any atom is -0.465 e. The highest BCUT2D eigenvalue weighted by Crippen LogP contribution is 2.14. The van der Waals surface area contributed by atoms with Crippen LogP contribution >= 0.6 is 0 Å². The van der Waals surface area contributed by atoms with E-state index in [1.807, 2.05) is 12.1 Å². The summed E-state index contributed by atoms with van der Waals surface area (Å²) in [5.74, 6) is -0.527. The molecule has 1 amide bonds. The molecule has 0 spiro atoms. The number of nitrogens with zero attached hydrogens (tertiary/aromatic N) is 3. The van der Waals surface area contributed by atoms with E-state index in [4.69, 9.17) is 4.74 Å². The molecule has 2 heterocycles. The molecule has 0 radical (unpaired) electrons. The summed E-state index contributed by atoms with van der Waals surface area (Å²) in [5, 5.41) is 5.83. The van der Waals surface area contributed by atoms with E-state index in [2.05, 4.69) is 25.6 Å². The minimum absolute atomic E-state index is 0.216. The monoisotopic (exact) mass is 377 g/mol. The molecule has 2 aromatic heterocycles. The molecule has 8 heteroatoms. The number of esters is 1. The fourth-order valence-corrected chi connectivity index (χ4v) is 2.48. The third-order valence-corrected chi connectivity index (χ3v) is 3.83. The van der Waals surface area contributed by atoms with Crippen LogP contribution in [0.1, 0.15) is 32.1 Å². The lowest BCUT2D eigenvalue weighted by Gasteiger charge is -2.09. The third-order valence-electron chi connectivity index (χ3n) is 3.83. The summed E-state index contributed by atoms with van der Waals surface area (Å²) in [6.45, 7) is 2.29. The van der Waals surface area contributed by atoms with E-state index in [1.165, 1.54) is 7.11 Å². The standard InChI is InChI=1S/C20H19N5O3/c1-13-10-17(25-20(23-13)22-12-14-6-8-21-9-7-14)18(26)24-16-5-3-4-15(11-16)19(27)28-2/h3-11H,12H2,1-2H3,(H,24,26)(H,22,23,25). The predicted octanol–water partition coefficient (Wildman–Crippen LogP) is 2.83. The number of ether oxygens (including phenoxy) is 1. The number of carbonyl (C=O) groups is 2. The van der Waals surface area contributed by atoms with Gasteiger partial charge in [-0.1, -0.05) is 6.07 Å². The highest BCUT2D eigenvalue weighted by molar-refractivity contribution is 6.03. The molecule has 8 nitrogen and oxygen atoms in total. The van der Waals surface area contributed by atoms with Crippen molar-refractivity contribution in [2.24, 2.45) is 0 Å². The average molecular weight is 377 g/mol. The maximum atomic E-state index is 12.6. The molecule has 0 bridgehead atoms. The SMILES string of the molecule is COC(=O)c1cccc(NC(=O)c2cc(C)nc(NCc3ccncc3)n2)c1. The molecule has 0 aliphatic rings. The van der Waals surface area contributed by atoms with Gasteiger partial charge in [0.05, 0.1) is 12.7 Å². The smallest absolute Gasteiger partial charge is 0.337 e. The normalized spacial score (nSPS) is 10.2. The Morgan fingerprint density at radius 3 is 2.61 bits per heavy atom. The van der Waals surface area contributed by atoms with Crippen LogP contribution in [0, 0.1) is 6.92 Å². The predicted molar refractivity (Wildman–Crippen MR) is 104 cm³/mol. The van der Waals surface area contributed by atoms with Crippen LogP contribution in [0.15, 0.2) is 54.9 Å². The molecule has 0 aliphatic carbocycles. The summed E-state index contributed by atoms with van der Waals surface area (Å²) < 4.78 is 4.69. The number of benzene rings is 1. The molecule has 0 fully saturated rings. The van der Waals surface area contributed by atoms with E-state index in [0.717, 1.165) is 5.56 Å². The van der Waals surface area contributed by atoms with Gasteiger partial charge in [0.1, 0.15) is 5.69 Å². The average Bonchev–Trinajstić information content (AvgIpc) is 2.72. The van der Waals surface area contributed by atoms with Crippen molar-refractivity contribution in [3.8, 4) is 0 Å². The Kier molecular flexibility index (Phi) is 5.91. The molecule has 142 valence electrons. The Bertz CT molecular complexity index is 992. The maximum absolute atomic E-state index is 12.6. The van der Waals surface area contributed by atoms with E-state index < -0.39 is 11.9 Å². The number of aryl methyl sites for hydroxylation is 1. The van der Waals surface area contributed by atoms with E-state index >= 15 is 0 Å². The van der Waals surface area contributed by atoms with Crippen LogP contribution in [0.25, 0.3) is 0 Å². The molecule has 0 saturated carbocycles. The van der Waals surface area contributed by atoms with Gasteiger partial charge in [0.2, 0.25) is 5.95 Å². The Balaban J connectivity index is 1.73. The zero-order valence-electron chi connectivity index (χ0n) is 15.5. The Morgan fingerprint density at radius 2 is 1.86 bits per heavy atom. The van der Waals surface area contributed by atoms with Crippen LogP contribution in [-0.4, -0.2) is 33.9 Å². The number of anilines is 2.